The molecule has 0 aliphatic carbocycles. The summed E-state index contributed by atoms with van der Waals surface area (Å²) in [6.45, 7) is 2.67. The largest absolute Gasteiger partial charge is 0.618 e. The third-order valence-electron chi connectivity index (χ3n) is 4.73. The van der Waals surface area contributed by atoms with Crippen LogP contribution in [0.15, 0.2) is 48.7 Å². The highest BCUT2D eigenvalue weighted by atomic mass is 35.5. The number of anilines is 3. The summed E-state index contributed by atoms with van der Waals surface area (Å²) in [7, 11) is 3.76. The first-order valence-corrected chi connectivity index (χ1v) is 10.7. The number of nitriles is 1. The monoisotopic (exact) mass is 483 g/mol. The van der Waals surface area contributed by atoms with Gasteiger partial charge in [0.15, 0.2) is 0 Å². The molecule has 2 aromatic carbocycles. The second kappa shape index (κ2) is 10.8. The Morgan fingerprint density at radius 3 is 2.76 bits per heavy atom. The van der Waals surface area contributed by atoms with E-state index in [9.17, 15) is 19.7 Å². The van der Waals surface area contributed by atoms with Crippen LogP contribution in [0.2, 0.25) is 5.02 Å². The number of rotatable bonds is 8. The molecule has 2 N–H and O–H groups in total. The molecule has 1 amide bonds. The second-order valence-corrected chi connectivity index (χ2v) is 7.97. The normalized spacial score (nSPS) is 11.1. The zero-order valence-electron chi connectivity index (χ0n) is 18.9. The first kappa shape index (κ1) is 24.8. The quantitative estimate of drug-likeness (QED) is 0.280. The summed E-state index contributed by atoms with van der Waals surface area (Å²) in [5, 5.41) is 28.4. The summed E-state index contributed by atoms with van der Waals surface area (Å²) < 4.78 is 19.8. The van der Waals surface area contributed by atoms with Crippen LogP contribution in [-0.4, -0.2) is 38.1 Å². The summed E-state index contributed by atoms with van der Waals surface area (Å²) in [5.41, 5.74) is 1.30. The molecule has 1 heterocycles. The molecule has 0 bridgehead atoms. The third kappa shape index (κ3) is 5.73. The van der Waals surface area contributed by atoms with Gasteiger partial charge < -0.3 is 25.5 Å². The fraction of sp³-hybridized carbons (Fsp3) is 0.208. The van der Waals surface area contributed by atoms with Gasteiger partial charge in [0.2, 0.25) is 17.6 Å². The molecular weight excluding hydrogens is 461 g/mol. The maximum absolute atomic E-state index is 13.6. The molecule has 3 aromatic rings. The van der Waals surface area contributed by atoms with Crippen LogP contribution < -0.4 is 20.1 Å². The molecule has 0 radical (unpaired) electrons. The zero-order chi connectivity index (χ0) is 24.8. The number of hydrogen-bond donors (Lipinski definition) is 2. The van der Waals surface area contributed by atoms with Crippen molar-refractivity contribution in [2.24, 2.45) is 0 Å². The van der Waals surface area contributed by atoms with Gasteiger partial charge in [0.1, 0.15) is 23.2 Å². The van der Waals surface area contributed by atoms with Crippen molar-refractivity contribution in [1.29, 1.82) is 5.26 Å². The number of carbonyl (C=O) groups is 1. The topological polar surface area (TPSA) is 104 Å². The Hall–Kier alpha value is -3.87. The van der Waals surface area contributed by atoms with Gasteiger partial charge in [-0.2, -0.15) is 9.99 Å². The number of benzene rings is 2. The van der Waals surface area contributed by atoms with Crippen LogP contribution in [0.3, 0.4) is 0 Å². The number of halogens is 2. The number of hydrogen-bond acceptors (Lipinski definition) is 6. The van der Waals surface area contributed by atoms with Crippen LogP contribution in [0, 0.1) is 22.4 Å². The molecule has 10 heteroatoms. The fourth-order valence-corrected chi connectivity index (χ4v) is 3.38. The van der Waals surface area contributed by atoms with Crippen molar-refractivity contribution in [3.63, 3.8) is 0 Å². The molecule has 0 atom stereocenters. The summed E-state index contributed by atoms with van der Waals surface area (Å²) in [5.74, 6) is -0.667. The minimum atomic E-state index is -0.586. The highest BCUT2D eigenvalue weighted by molar-refractivity contribution is 6.31. The fourth-order valence-electron chi connectivity index (χ4n) is 3.20. The van der Waals surface area contributed by atoms with Crippen LogP contribution in [-0.2, 0) is 4.79 Å². The Balaban J connectivity index is 2.13. The molecule has 176 valence electrons. The number of pyridine rings is 1. The SMILES string of the molecule is CCOc1cc2c(cc1NC(=O)/C=C/CN(C)C)c(Nc1ccc(F)c(Cl)c1)c(C#N)c[n+]2[O-]. The smallest absolute Gasteiger partial charge is 0.248 e. The van der Waals surface area contributed by atoms with E-state index < -0.39 is 5.82 Å². The molecule has 0 unspecified atom stereocenters. The molecule has 0 spiro atoms. The summed E-state index contributed by atoms with van der Waals surface area (Å²) in [6.07, 6.45) is 4.24. The van der Waals surface area contributed by atoms with Gasteiger partial charge in [-0.15, -0.1) is 0 Å². The number of fused-ring (bicyclic) bond motifs is 1. The number of carbonyl (C=O) groups excluding carboxylic acids is 1. The summed E-state index contributed by atoms with van der Waals surface area (Å²) in [6, 6.07) is 9.06. The Morgan fingerprint density at radius 1 is 1.35 bits per heavy atom. The molecule has 0 aliphatic heterocycles. The third-order valence-corrected chi connectivity index (χ3v) is 5.02. The van der Waals surface area contributed by atoms with E-state index in [1.54, 1.807) is 19.1 Å². The van der Waals surface area contributed by atoms with Gasteiger partial charge in [-0.05, 0) is 45.3 Å². The number of ether oxygens (including phenoxy) is 1. The zero-order valence-corrected chi connectivity index (χ0v) is 19.6. The molecule has 3 rings (SSSR count). The van der Waals surface area contributed by atoms with Crippen molar-refractivity contribution in [3.05, 3.63) is 70.3 Å². The van der Waals surface area contributed by atoms with E-state index in [-0.39, 0.29) is 22.0 Å². The van der Waals surface area contributed by atoms with Gasteiger partial charge in [0.25, 0.3) is 0 Å². The average molecular weight is 484 g/mol. The van der Waals surface area contributed by atoms with Gasteiger partial charge in [0.05, 0.1) is 34.5 Å². The van der Waals surface area contributed by atoms with Crippen LogP contribution >= 0.6 is 11.6 Å². The van der Waals surface area contributed by atoms with Crippen LogP contribution in [0.25, 0.3) is 10.9 Å². The van der Waals surface area contributed by atoms with E-state index in [0.29, 0.717) is 46.1 Å². The highest BCUT2D eigenvalue weighted by Crippen LogP contribution is 2.36. The van der Waals surface area contributed by atoms with E-state index >= 15 is 0 Å². The van der Waals surface area contributed by atoms with E-state index in [1.807, 2.05) is 25.1 Å². The first-order chi connectivity index (χ1) is 16.2. The minimum absolute atomic E-state index is 0.0512. The lowest BCUT2D eigenvalue weighted by atomic mass is 10.1. The predicted molar refractivity (Wildman–Crippen MR) is 130 cm³/mol. The van der Waals surface area contributed by atoms with Crippen molar-refractivity contribution in [2.45, 2.75) is 6.92 Å². The molecule has 0 saturated carbocycles. The number of nitrogens with one attached hydrogen (secondary N) is 2. The molecule has 0 aliphatic rings. The van der Waals surface area contributed by atoms with Crippen molar-refractivity contribution in [1.82, 2.24) is 4.90 Å². The number of aromatic nitrogens is 1. The lowest BCUT2D eigenvalue weighted by molar-refractivity contribution is -0.577. The van der Waals surface area contributed by atoms with Crippen LogP contribution in [0.5, 0.6) is 5.75 Å². The molecule has 0 saturated heterocycles. The first-order valence-electron chi connectivity index (χ1n) is 10.3. The van der Waals surface area contributed by atoms with Gasteiger partial charge in [-0.1, -0.05) is 17.7 Å². The Bertz CT molecular complexity index is 1300. The number of amides is 1. The second-order valence-electron chi connectivity index (χ2n) is 7.56. The van der Waals surface area contributed by atoms with E-state index in [4.69, 9.17) is 16.3 Å². The number of nitrogens with zero attached hydrogens (tertiary/aromatic N) is 3. The summed E-state index contributed by atoms with van der Waals surface area (Å²) in [4.78, 5) is 14.4. The van der Waals surface area contributed by atoms with E-state index in [0.717, 1.165) is 6.20 Å². The summed E-state index contributed by atoms with van der Waals surface area (Å²) >= 11 is 5.89. The maximum atomic E-state index is 13.6. The Morgan fingerprint density at radius 2 is 2.12 bits per heavy atom. The predicted octanol–water partition coefficient (Wildman–Crippen LogP) is 4.34. The maximum Gasteiger partial charge on any atom is 0.248 e. The molecule has 8 nitrogen and oxygen atoms in total. The highest BCUT2D eigenvalue weighted by Gasteiger charge is 2.20. The Kier molecular flexibility index (Phi) is 7.89. The lowest BCUT2D eigenvalue weighted by Gasteiger charge is -2.16. The van der Waals surface area contributed by atoms with Crippen molar-refractivity contribution in [3.8, 4) is 11.8 Å². The molecule has 0 fully saturated rings. The van der Waals surface area contributed by atoms with E-state index in [1.165, 1.54) is 30.3 Å². The Labute approximate surface area is 201 Å². The van der Waals surface area contributed by atoms with Gasteiger partial charge >= 0.3 is 0 Å². The minimum Gasteiger partial charge on any atom is -0.618 e. The average Bonchev–Trinajstić information content (AvgIpc) is 2.78. The standard InChI is InChI=1S/C24H23ClFN5O3/c1-4-34-22-12-21-17(11-20(22)29-23(32)6-5-9-30(2)3)24(15(13-27)14-31(21)33)28-16-7-8-19(26)18(25)10-16/h5-8,10-12,14,28H,4,9H2,1-3H3,(H,29,32)/b6-5+. The van der Waals surface area contributed by atoms with Gasteiger partial charge in [-0.25, -0.2) is 4.39 Å². The van der Waals surface area contributed by atoms with Gasteiger partial charge in [-0.3, -0.25) is 4.79 Å². The lowest BCUT2D eigenvalue weighted by Crippen LogP contribution is -2.28. The van der Waals surface area contributed by atoms with Crippen LogP contribution in [0.4, 0.5) is 21.5 Å². The van der Waals surface area contributed by atoms with Crippen LogP contribution in [0.1, 0.15) is 12.5 Å². The molecular formula is C24H23ClFN5O3. The molecule has 1 aromatic heterocycles. The van der Waals surface area contributed by atoms with E-state index in [2.05, 4.69) is 10.6 Å². The molecule has 34 heavy (non-hydrogen) atoms. The van der Waals surface area contributed by atoms with Crippen molar-refractivity contribution in [2.75, 3.05) is 37.9 Å². The van der Waals surface area contributed by atoms with Gasteiger partial charge in [0, 0.05) is 18.3 Å². The number of likely N-dealkylation sites (N-methyl/N-ethyl adjacent to an activating group) is 1. The van der Waals surface area contributed by atoms with Crippen molar-refractivity contribution < 1.29 is 18.7 Å². The van der Waals surface area contributed by atoms with Crippen molar-refractivity contribution >= 4 is 45.5 Å².